The summed E-state index contributed by atoms with van der Waals surface area (Å²) < 4.78 is 0. The van der Waals surface area contributed by atoms with Crippen LogP contribution in [0.2, 0.25) is 0 Å². The molecule has 6 heteroatoms. The number of hydrogen-bond acceptors (Lipinski definition) is 4. The Kier molecular flexibility index (Phi) is 5.86. The van der Waals surface area contributed by atoms with Gasteiger partial charge in [0, 0.05) is 22.2 Å². The van der Waals surface area contributed by atoms with Crippen molar-refractivity contribution in [3.63, 3.8) is 0 Å². The smallest absolute Gasteiger partial charge is 0.267 e. The average Bonchev–Trinajstić information content (AvgIpc) is 3.05. The molecule has 2 aromatic rings. The highest BCUT2D eigenvalue weighted by atomic mass is 32.1. The van der Waals surface area contributed by atoms with Crippen LogP contribution in [-0.4, -0.2) is 22.3 Å². The van der Waals surface area contributed by atoms with Crippen molar-refractivity contribution in [1.29, 1.82) is 0 Å². The van der Waals surface area contributed by atoms with Crippen molar-refractivity contribution in [3.8, 4) is 0 Å². The standard InChI is InChI=1S/C20H27N3O2S/c1-7-20(5,6)23-16(24)13-8-10-14(11-9-13)22-17(25)15-12-21-18(26-15)19(2,3)4/h8-12H,7H2,1-6H3,(H,22,25)(H,23,24). The fraction of sp³-hybridized carbons (Fsp3) is 0.450. The second-order valence-corrected chi connectivity index (χ2v) is 9.03. The number of carbonyl (C=O) groups is 2. The maximum Gasteiger partial charge on any atom is 0.267 e. The molecule has 0 spiro atoms. The number of aromatic nitrogens is 1. The Morgan fingerprint density at radius 2 is 1.65 bits per heavy atom. The number of hydrogen-bond donors (Lipinski definition) is 2. The van der Waals surface area contributed by atoms with E-state index in [4.69, 9.17) is 0 Å². The average molecular weight is 374 g/mol. The van der Waals surface area contributed by atoms with E-state index in [0.717, 1.165) is 11.4 Å². The number of anilines is 1. The van der Waals surface area contributed by atoms with Crippen LogP contribution < -0.4 is 10.6 Å². The molecule has 1 aromatic heterocycles. The van der Waals surface area contributed by atoms with Crippen molar-refractivity contribution in [1.82, 2.24) is 10.3 Å². The lowest BCUT2D eigenvalue weighted by atomic mass is 9.98. The van der Waals surface area contributed by atoms with Crippen LogP contribution in [0.1, 0.15) is 73.0 Å². The molecule has 2 rings (SSSR count). The lowest BCUT2D eigenvalue weighted by Crippen LogP contribution is -2.42. The highest BCUT2D eigenvalue weighted by Gasteiger charge is 2.21. The number of nitrogens with zero attached hydrogens (tertiary/aromatic N) is 1. The first kappa shape index (κ1) is 20.1. The Morgan fingerprint density at radius 1 is 1.04 bits per heavy atom. The molecule has 2 N–H and O–H groups in total. The van der Waals surface area contributed by atoms with E-state index in [2.05, 4.69) is 36.4 Å². The largest absolute Gasteiger partial charge is 0.347 e. The summed E-state index contributed by atoms with van der Waals surface area (Å²) in [7, 11) is 0. The van der Waals surface area contributed by atoms with Crippen molar-refractivity contribution in [3.05, 3.63) is 45.9 Å². The minimum atomic E-state index is -0.249. The Labute approximate surface area is 159 Å². The molecule has 0 fully saturated rings. The van der Waals surface area contributed by atoms with Crippen molar-refractivity contribution >= 4 is 28.8 Å². The van der Waals surface area contributed by atoms with Crippen LogP contribution in [0, 0.1) is 0 Å². The molecule has 1 heterocycles. The molecule has 5 nitrogen and oxygen atoms in total. The van der Waals surface area contributed by atoms with Gasteiger partial charge in [0.05, 0.1) is 11.2 Å². The van der Waals surface area contributed by atoms with E-state index in [9.17, 15) is 9.59 Å². The van der Waals surface area contributed by atoms with Gasteiger partial charge in [0.2, 0.25) is 0 Å². The zero-order valence-electron chi connectivity index (χ0n) is 16.3. The summed E-state index contributed by atoms with van der Waals surface area (Å²) in [5, 5.41) is 6.76. The fourth-order valence-electron chi connectivity index (χ4n) is 2.09. The van der Waals surface area contributed by atoms with Gasteiger partial charge in [-0.15, -0.1) is 11.3 Å². The molecule has 0 aliphatic rings. The molecule has 0 radical (unpaired) electrons. The number of thiazole rings is 1. The van der Waals surface area contributed by atoms with Gasteiger partial charge in [0.1, 0.15) is 4.88 Å². The third kappa shape index (κ3) is 5.14. The molecule has 0 aliphatic heterocycles. The summed E-state index contributed by atoms with van der Waals surface area (Å²) in [5.41, 5.74) is 0.884. The topological polar surface area (TPSA) is 71.1 Å². The van der Waals surface area contributed by atoms with Crippen LogP contribution in [0.25, 0.3) is 0 Å². The van der Waals surface area contributed by atoms with E-state index in [1.165, 1.54) is 11.3 Å². The van der Waals surface area contributed by atoms with Gasteiger partial charge in [-0.3, -0.25) is 9.59 Å². The number of benzene rings is 1. The molecule has 0 saturated heterocycles. The SMILES string of the molecule is CCC(C)(C)NC(=O)c1ccc(NC(=O)c2cnc(C(C)(C)C)s2)cc1. The van der Waals surface area contributed by atoms with Crippen LogP contribution in [0.4, 0.5) is 5.69 Å². The molecular formula is C20H27N3O2S. The van der Waals surface area contributed by atoms with Crippen LogP contribution in [0.3, 0.4) is 0 Å². The quantitative estimate of drug-likeness (QED) is 0.804. The van der Waals surface area contributed by atoms with Gasteiger partial charge >= 0.3 is 0 Å². The number of nitrogens with one attached hydrogen (secondary N) is 2. The minimum Gasteiger partial charge on any atom is -0.347 e. The van der Waals surface area contributed by atoms with Crippen molar-refractivity contribution in [2.24, 2.45) is 0 Å². The van der Waals surface area contributed by atoms with E-state index in [1.807, 2.05) is 20.8 Å². The first-order valence-corrected chi connectivity index (χ1v) is 9.54. The van der Waals surface area contributed by atoms with Crippen LogP contribution >= 0.6 is 11.3 Å². The number of amides is 2. The van der Waals surface area contributed by atoms with Crippen molar-refractivity contribution in [2.45, 2.75) is 58.9 Å². The first-order valence-electron chi connectivity index (χ1n) is 8.72. The summed E-state index contributed by atoms with van der Waals surface area (Å²) in [4.78, 5) is 29.6. The normalized spacial score (nSPS) is 11.9. The lowest BCUT2D eigenvalue weighted by Gasteiger charge is -2.24. The van der Waals surface area contributed by atoms with Gasteiger partial charge in [0.25, 0.3) is 11.8 Å². The predicted molar refractivity (Wildman–Crippen MR) is 107 cm³/mol. The summed E-state index contributed by atoms with van der Waals surface area (Å²) in [5.74, 6) is -0.311. The van der Waals surface area contributed by atoms with Crippen molar-refractivity contribution < 1.29 is 9.59 Å². The molecular weight excluding hydrogens is 346 g/mol. The van der Waals surface area contributed by atoms with Crippen LogP contribution in [-0.2, 0) is 5.41 Å². The Morgan fingerprint density at radius 3 is 2.15 bits per heavy atom. The summed E-state index contributed by atoms with van der Waals surface area (Å²) in [6.45, 7) is 12.2. The second-order valence-electron chi connectivity index (χ2n) is 8.00. The summed E-state index contributed by atoms with van der Waals surface area (Å²) >= 11 is 1.40. The van der Waals surface area contributed by atoms with Gasteiger partial charge < -0.3 is 10.6 Å². The van der Waals surface area contributed by atoms with E-state index in [0.29, 0.717) is 16.1 Å². The second kappa shape index (κ2) is 7.58. The van der Waals surface area contributed by atoms with E-state index >= 15 is 0 Å². The molecule has 0 atom stereocenters. The fourth-order valence-corrected chi connectivity index (χ4v) is 2.96. The first-order chi connectivity index (χ1) is 12.0. The maximum absolute atomic E-state index is 12.4. The summed E-state index contributed by atoms with van der Waals surface area (Å²) in [6.07, 6.45) is 2.45. The minimum absolute atomic E-state index is 0.0789. The zero-order chi connectivity index (χ0) is 19.5. The van der Waals surface area contributed by atoms with Gasteiger partial charge in [-0.05, 0) is 44.5 Å². The molecule has 2 amide bonds. The third-order valence-electron chi connectivity index (χ3n) is 4.11. The van der Waals surface area contributed by atoms with Gasteiger partial charge in [0.15, 0.2) is 0 Å². The molecule has 0 unspecified atom stereocenters. The van der Waals surface area contributed by atoms with Crippen molar-refractivity contribution in [2.75, 3.05) is 5.32 Å². The highest BCUT2D eigenvalue weighted by molar-refractivity contribution is 7.13. The van der Waals surface area contributed by atoms with E-state index in [-0.39, 0.29) is 22.8 Å². The predicted octanol–water partition coefficient (Wildman–Crippen LogP) is 4.61. The lowest BCUT2D eigenvalue weighted by molar-refractivity contribution is 0.0911. The molecule has 140 valence electrons. The number of rotatable bonds is 5. The Balaban J connectivity index is 2.04. The molecule has 0 saturated carbocycles. The molecule has 0 aliphatic carbocycles. The van der Waals surface area contributed by atoms with Gasteiger partial charge in [-0.1, -0.05) is 27.7 Å². The van der Waals surface area contributed by atoms with Crippen LogP contribution in [0.15, 0.2) is 30.5 Å². The zero-order valence-corrected chi connectivity index (χ0v) is 17.1. The maximum atomic E-state index is 12.4. The number of carbonyl (C=O) groups excluding carboxylic acids is 2. The molecule has 1 aromatic carbocycles. The van der Waals surface area contributed by atoms with E-state index < -0.39 is 0 Å². The highest BCUT2D eigenvalue weighted by Crippen LogP contribution is 2.27. The third-order valence-corrected chi connectivity index (χ3v) is 5.53. The summed E-state index contributed by atoms with van der Waals surface area (Å²) in [6, 6.07) is 6.89. The monoisotopic (exact) mass is 373 g/mol. The Hall–Kier alpha value is -2.21. The Bertz CT molecular complexity index is 786. The molecule has 26 heavy (non-hydrogen) atoms. The van der Waals surface area contributed by atoms with Crippen LogP contribution in [0.5, 0.6) is 0 Å². The molecule has 0 bridgehead atoms. The van der Waals surface area contributed by atoms with E-state index in [1.54, 1.807) is 30.5 Å². The van der Waals surface area contributed by atoms with Gasteiger partial charge in [-0.25, -0.2) is 4.98 Å². The van der Waals surface area contributed by atoms with Gasteiger partial charge in [-0.2, -0.15) is 0 Å².